The van der Waals surface area contributed by atoms with Crippen LogP contribution in [0.3, 0.4) is 0 Å². The summed E-state index contributed by atoms with van der Waals surface area (Å²) in [4.78, 5) is 6.71. The Hall–Kier alpha value is -0.450. The molecule has 14 heavy (non-hydrogen) atoms. The molecule has 2 rings (SSSR count). The van der Waals surface area contributed by atoms with Gasteiger partial charge in [0.1, 0.15) is 5.01 Å². The molecule has 3 nitrogen and oxygen atoms in total. The van der Waals surface area contributed by atoms with Crippen molar-refractivity contribution in [3.05, 3.63) is 16.1 Å². The molecule has 1 aliphatic rings. The zero-order valence-corrected chi connectivity index (χ0v) is 9.60. The monoisotopic (exact) mass is 211 g/mol. The van der Waals surface area contributed by atoms with Crippen molar-refractivity contribution in [2.24, 2.45) is 0 Å². The molecule has 0 amide bonds. The smallest absolute Gasteiger partial charge is 0.107 e. The van der Waals surface area contributed by atoms with Gasteiger partial charge in [0.25, 0.3) is 0 Å². The van der Waals surface area contributed by atoms with Gasteiger partial charge in [-0.2, -0.15) is 0 Å². The van der Waals surface area contributed by atoms with Gasteiger partial charge in [-0.25, -0.2) is 4.98 Å². The Kier molecular flexibility index (Phi) is 3.15. The van der Waals surface area contributed by atoms with E-state index >= 15 is 0 Å². The Morgan fingerprint density at radius 1 is 1.57 bits per heavy atom. The van der Waals surface area contributed by atoms with E-state index in [0.29, 0.717) is 0 Å². The number of nitrogens with zero attached hydrogens (tertiary/aromatic N) is 2. The zero-order chi connectivity index (χ0) is 9.97. The predicted molar refractivity (Wildman–Crippen MR) is 59.4 cm³/mol. The molecular weight excluding hydrogens is 194 g/mol. The second-order valence-electron chi connectivity index (χ2n) is 4.13. The van der Waals surface area contributed by atoms with Crippen molar-refractivity contribution in [3.8, 4) is 0 Å². The Bertz CT molecular complexity index is 291. The average molecular weight is 211 g/mol. The molecular formula is C10H17N3S. The first-order valence-corrected chi connectivity index (χ1v) is 5.93. The summed E-state index contributed by atoms with van der Waals surface area (Å²) >= 11 is 1.76. The summed E-state index contributed by atoms with van der Waals surface area (Å²) in [6.07, 6.45) is 2.68. The maximum atomic E-state index is 4.56. The summed E-state index contributed by atoms with van der Waals surface area (Å²) < 4.78 is 0. The van der Waals surface area contributed by atoms with Gasteiger partial charge in [0.05, 0.1) is 5.69 Å². The van der Waals surface area contributed by atoms with Crippen LogP contribution in [0.1, 0.15) is 23.5 Å². The Balaban J connectivity index is 1.81. The normalized spacial score (nSPS) is 16.5. The quantitative estimate of drug-likeness (QED) is 0.799. The van der Waals surface area contributed by atoms with Gasteiger partial charge in [0.15, 0.2) is 0 Å². The van der Waals surface area contributed by atoms with Crippen LogP contribution in [0.25, 0.3) is 0 Å². The number of nitrogens with one attached hydrogen (secondary N) is 1. The van der Waals surface area contributed by atoms with E-state index in [2.05, 4.69) is 34.7 Å². The molecule has 1 aliphatic carbocycles. The zero-order valence-electron chi connectivity index (χ0n) is 8.79. The Labute approximate surface area is 89.1 Å². The van der Waals surface area contributed by atoms with Gasteiger partial charge in [0.2, 0.25) is 0 Å². The van der Waals surface area contributed by atoms with Crippen molar-refractivity contribution in [3.63, 3.8) is 0 Å². The van der Waals surface area contributed by atoms with Gasteiger partial charge in [0, 0.05) is 24.5 Å². The number of rotatable bonds is 5. The molecule has 1 heterocycles. The molecule has 4 heteroatoms. The molecule has 0 spiro atoms. The second kappa shape index (κ2) is 4.38. The van der Waals surface area contributed by atoms with Crippen molar-refractivity contribution in [1.82, 2.24) is 15.2 Å². The van der Waals surface area contributed by atoms with Gasteiger partial charge in [-0.3, -0.25) is 0 Å². The molecule has 0 saturated heterocycles. The minimum absolute atomic E-state index is 0.772. The summed E-state index contributed by atoms with van der Waals surface area (Å²) in [5.74, 6) is 0. The summed E-state index contributed by atoms with van der Waals surface area (Å²) in [5.41, 5.74) is 1.19. The molecule has 0 radical (unpaired) electrons. The van der Waals surface area contributed by atoms with E-state index in [1.165, 1.54) is 23.5 Å². The van der Waals surface area contributed by atoms with Gasteiger partial charge < -0.3 is 10.2 Å². The largest absolute Gasteiger partial charge is 0.308 e. The third-order valence-corrected chi connectivity index (χ3v) is 3.08. The highest BCUT2D eigenvalue weighted by Crippen LogP contribution is 2.19. The summed E-state index contributed by atoms with van der Waals surface area (Å²) in [6, 6.07) is 0.772. The van der Waals surface area contributed by atoms with Crippen LogP contribution in [-0.2, 0) is 13.1 Å². The average Bonchev–Trinajstić information content (AvgIpc) is 2.84. The summed E-state index contributed by atoms with van der Waals surface area (Å²) in [5, 5.41) is 6.84. The molecule has 1 fully saturated rings. The van der Waals surface area contributed by atoms with Crippen molar-refractivity contribution in [1.29, 1.82) is 0 Å². The van der Waals surface area contributed by atoms with Crippen LogP contribution in [0.15, 0.2) is 5.38 Å². The lowest BCUT2D eigenvalue weighted by Crippen LogP contribution is -2.16. The van der Waals surface area contributed by atoms with E-state index in [0.717, 1.165) is 19.1 Å². The van der Waals surface area contributed by atoms with E-state index in [-0.39, 0.29) is 0 Å². The summed E-state index contributed by atoms with van der Waals surface area (Å²) in [6.45, 7) is 1.89. The van der Waals surface area contributed by atoms with E-state index in [1.54, 1.807) is 11.3 Å². The molecule has 1 saturated carbocycles. The van der Waals surface area contributed by atoms with Crippen molar-refractivity contribution >= 4 is 11.3 Å². The Morgan fingerprint density at radius 2 is 2.36 bits per heavy atom. The first kappa shape index (κ1) is 10.1. The molecule has 1 aromatic heterocycles. The SMILES string of the molecule is CN(C)Cc1nc(CNC2CC2)cs1. The molecule has 0 unspecified atom stereocenters. The summed E-state index contributed by atoms with van der Waals surface area (Å²) in [7, 11) is 4.15. The van der Waals surface area contributed by atoms with E-state index in [4.69, 9.17) is 0 Å². The highest BCUT2D eigenvalue weighted by atomic mass is 32.1. The topological polar surface area (TPSA) is 28.2 Å². The van der Waals surface area contributed by atoms with Crippen LogP contribution >= 0.6 is 11.3 Å². The first-order chi connectivity index (χ1) is 6.74. The minimum atomic E-state index is 0.772. The molecule has 0 atom stereocenters. The van der Waals surface area contributed by atoms with Gasteiger partial charge in [-0.05, 0) is 26.9 Å². The van der Waals surface area contributed by atoms with Crippen LogP contribution in [0.4, 0.5) is 0 Å². The molecule has 0 bridgehead atoms. The van der Waals surface area contributed by atoms with Crippen molar-refractivity contribution in [2.45, 2.75) is 32.0 Å². The lowest BCUT2D eigenvalue weighted by molar-refractivity contribution is 0.401. The van der Waals surface area contributed by atoms with Gasteiger partial charge >= 0.3 is 0 Å². The molecule has 1 aromatic rings. The fraction of sp³-hybridized carbons (Fsp3) is 0.700. The van der Waals surface area contributed by atoms with Gasteiger partial charge in [-0.15, -0.1) is 11.3 Å². The van der Waals surface area contributed by atoms with Gasteiger partial charge in [-0.1, -0.05) is 0 Å². The van der Waals surface area contributed by atoms with Crippen LogP contribution in [0, 0.1) is 0 Å². The maximum absolute atomic E-state index is 4.56. The van der Waals surface area contributed by atoms with E-state index < -0.39 is 0 Å². The standard InChI is InChI=1S/C10H17N3S/c1-13(2)6-10-12-9(7-14-10)5-11-8-3-4-8/h7-8,11H,3-6H2,1-2H3. The Morgan fingerprint density at radius 3 is 3.00 bits per heavy atom. The maximum Gasteiger partial charge on any atom is 0.107 e. The fourth-order valence-corrected chi connectivity index (χ4v) is 2.22. The number of hydrogen-bond donors (Lipinski definition) is 1. The van der Waals surface area contributed by atoms with Crippen LogP contribution < -0.4 is 5.32 Å². The van der Waals surface area contributed by atoms with Crippen LogP contribution in [-0.4, -0.2) is 30.0 Å². The predicted octanol–water partition coefficient (Wildman–Crippen LogP) is 1.46. The number of thiazole rings is 1. The van der Waals surface area contributed by atoms with Crippen LogP contribution in [0.2, 0.25) is 0 Å². The van der Waals surface area contributed by atoms with Crippen molar-refractivity contribution < 1.29 is 0 Å². The first-order valence-electron chi connectivity index (χ1n) is 5.05. The van der Waals surface area contributed by atoms with Crippen molar-refractivity contribution in [2.75, 3.05) is 14.1 Å². The van der Waals surface area contributed by atoms with E-state index in [1.807, 2.05) is 0 Å². The highest BCUT2D eigenvalue weighted by Gasteiger charge is 2.20. The van der Waals surface area contributed by atoms with E-state index in [9.17, 15) is 0 Å². The third-order valence-electron chi connectivity index (χ3n) is 2.20. The van der Waals surface area contributed by atoms with Crippen LogP contribution in [0.5, 0.6) is 0 Å². The molecule has 0 aliphatic heterocycles. The minimum Gasteiger partial charge on any atom is -0.308 e. The molecule has 78 valence electrons. The fourth-order valence-electron chi connectivity index (χ4n) is 1.31. The number of aromatic nitrogens is 1. The highest BCUT2D eigenvalue weighted by molar-refractivity contribution is 7.09. The molecule has 1 N–H and O–H groups in total. The third kappa shape index (κ3) is 3.04. The second-order valence-corrected chi connectivity index (χ2v) is 5.07. The molecule has 0 aromatic carbocycles. The lowest BCUT2D eigenvalue weighted by Gasteiger charge is -2.05. The number of hydrogen-bond acceptors (Lipinski definition) is 4. The lowest BCUT2D eigenvalue weighted by atomic mass is 10.4.